The summed E-state index contributed by atoms with van der Waals surface area (Å²) in [7, 11) is 0. The highest BCUT2D eigenvalue weighted by Gasteiger charge is 2.17. The van der Waals surface area contributed by atoms with Gasteiger partial charge in [-0.3, -0.25) is 9.69 Å². The minimum Gasteiger partial charge on any atom is -0.378 e. The number of ether oxygens (including phenoxy) is 1. The Hall–Kier alpha value is -2.86. The molecule has 1 aliphatic heterocycles. The van der Waals surface area contributed by atoms with E-state index in [0.29, 0.717) is 38.4 Å². The zero-order chi connectivity index (χ0) is 19.1. The molecule has 0 aliphatic carbocycles. The topological polar surface area (TPSA) is 75.9 Å². The second-order valence-electron chi connectivity index (χ2n) is 6.36. The Morgan fingerprint density at radius 1 is 1.04 bits per heavy atom. The number of urea groups is 1. The second kappa shape index (κ2) is 9.19. The summed E-state index contributed by atoms with van der Waals surface area (Å²) < 4.78 is 5.26. The number of rotatable bonds is 6. The summed E-state index contributed by atoms with van der Waals surface area (Å²) in [5, 5.41) is 0. The van der Waals surface area contributed by atoms with Crippen molar-refractivity contribution in [3.05, 3.63) is 66.6 Å². The predicted molar refractivity (Wildman–Crippen MR) is 106 cm³/mol. The molecule has 2 N–H and O–H groups in total. The van der Waals surface area contributed by atoms with E-state index in [2.05, 4.69) is 0 Å². The van der Waals surface area contributed by atoms with Crippen LogP contribution in [-0.4, -0.2) is 43.1 Å². The zero-order valence-electron chi connectivity index (χ0n) is 16.2. The highest BCUT2D eigenvalue weighted by atomic mass is 16.5. The van der Waals surface area contributed by atoms with E-state index in [4.69, 9.17) is 10.5 Å². The van der Waals surface area contributed by atoms with Gasteiger partial charge >= 0.3 is 7.46 Å². The lowest BCUT2D eigenvalue weighted by molar-refractivity contribution is -0.131. The van der Waals surface area contributed by atoms with Gasteiger partial charge in [-0.25, -0.2) is 4.79 Å². The Morgan fingerprint density at radius 2 is 1.67 bits per heavy atom. The molecule has 1 aliphatic rings. The van der Waals surface area contributed by atoms with Gasteiger partial charge in [0.2, 0.25) is 5.91 Å². The number of carbonyl (C=O) groups is 2. The second-order valence-corrected chi connectivity index (χ2v) is 6.36. The van der Waals surface area contributed by atoms with Crippen LogP contribution in [0.1, 0.15) is 13.4 Å². The molecule has 6 heteroatoms. The first kappa shape index (κ1) is 18.9. The van der Waals surface area contributed by atoms with E-state index in [1.54, 1.807) is 6.42 Å². The molecule has 0 saturated carbocycles. The van der Waals surface area contributed by atoms with Gasteiger partial charge in [0.25, 0.3) is 0 Å². The third-order valence-electron chi connectivity index (χ3n) is 4.50. The molecule has 3 amide bonds. The number of primary amides is 1. The number of carbonyl (C=O) groups excluding carboxylic acids is 2. The molecule has 0 aromatic heterocycles. The van der Waals surface area contributed by atoms with E-state index in [0.717, 1.165) is 17.7 Å². The molecule has 27 heavy (non-hydrogen) atoms. The van der Waals surface area contributed by atoms with E-state index in [1.165, 1.54) is 4.90 Å². The molecule has 0 spiro atoms. The van der Waals surface area contributed by atoms with E-state index >= 15 is 0 Å². The normalized spacial score (nSPS) is 14.0. The van der Waals surface area contributed by atoms with Crippen LogP contribution in [0, 0.1) is 6.42 Å². The first-order valence-corrected chi connectivity index (χ1v) is 9.08. The van der Waals surface area contributed by atoms with Gasteiger partial charge in [0, 0.05) is 13.1 Å². The van der Waals surface area contributed by atoms with Crippen molar-refractivity contribution in [1.29, 1.82) is 0 Å². The number of aryl methyl sites for hydroxylation is 1. The number of anilines is 2. The van der Waals surface area contributed by atoms with Crippen LogP contribution in [0.4, 0.5) is 16.2 Å². The Morgan fingerprint density at radius 3 is 2.30 bits per heavy atom. The summed E-state index contributed by atoms with van der Waals surface area (Å²) in [6, 6.07) is 16.4. The number of amides is 3. The lowest BCUT2D eigenvalue weighted by Gasteiger charge is -2.26. The van der Waals surface area contributed by atoms with Gasteiger partial charge in [0.1, 0.15) is 0 Å². The SMILES string of the molecule is NC(=O)N(c1ccccc1)c1ccc(CC[CH]C(=O)N2CCOCC2)cc1.[H+]. The summed E-state index contributed by atoms with van der Waals surface area (Å²) in [6.45, 7) is 2.54. The Bertz CT molecular complexity index is 762. The van der Waals surface area contributed by atoms with Gasteiger partial charge < -0.3 is 15.4 Å². The molecule has 1 saturated heterocycles. The maximum absolute atomic E-state index is 12.1. The maximum atomic E-state index is 12.1. The van der Waals surface area contributed by atoms with Crippen molar-refractivity contribution in [2.24, 2.45) is 5.73 Å². The monoisotopic (exact) mass is 367 g/mol. The summed E-state index contributed by atoms with van der Waals surface area (Å²) in [5.41, 5.74) is 8.09. The molecule has 3 rings (SSSR count). The molecular weight excluding hydrogens is 342 g/mol. The average molecular weight is 367 g/mol. The highest BCUT2D eigenvalue weighted by Crippen LogP contribution is 2.25. The summed E-state index contributed by atoms with van der Waals surface area (Å²) in [4.78, 5) is 27.3. The number of nitrogens with zero attached hydrogens (tertiary/aromatic N) is 2. The summed E-state index contributed by atoms with van der Waals surface area (Å²) >= 11 is 0. The third-order valence-corrected chi connectivity index (χ3v) is 4.50. The third kappa shape index (κ3) is 5.08. The van der Waals surface area contributed by atoms with Crippen molar-refractivity contribution in [3.63, 3.8) is 0 Å². The molecule has 1 fully saturated rings. The van der Waals surface area contributed by atoms with Crippen molar-refractivity contribution in [3.8, 4) is 0 Å². The molecule has 6 nitrogen and oxygen atoms in total. The minimum atomic E-state index is -0.529. The molecule has 2 aromatic carbocycles. The lowest BCUT2D eigenvalue weighted by Crippen LogP contribution is -2.40. The van der Waals surface area contributed by atoms with Gasteiger partial charge in [-0.2, -0.15) is 0 Å². The molecule has 0 unspecified atom stereocenters. The van der Waals surface area contributed by atoms with Crippen LogP contribution < -0.4 is 10.6 Å². The van der Waals surface area contributed by atoms with E-state index in [9.17, 15) is 9.59 Å². The highest BCUT2D eigenvalue weighted by molar-refractivity contribution is 5.98. The Balaban J connectivity index is 0.00000280. The van der Waals surface area contributed by atoms with Crippen LogP contribution in [0.25, 0.3) is 0 Å². The lowest BCUT2D eigenvalue weighted by atomic mass is 10.1. The van der Waals surface area contributed by atoms with Crippen molar-refractivity contribution in [2.45, 2.75) is 12.8 Å². The molecule has 0 atom stereocenters. The van der Waals surface area contributed by atoms with Gasteiger partial charge in [-0.05, 0) is 42.7 Å². The molecule has 2 aromatic rings. The Labute approximate surface area is 161 Å². The van der Waals surface area contributed by atoms with Crippen molar-refractivity contribution in [1.82, 2.24) is 4.90 Å². The summed E-state index contributed by atoms with van der Waals surface area (Å²) in [5.74, 6) is 0.0684. The first-order chi connectivity index (χ1) is 13.1. The number of para-hydroxylation sites is 1. The fourth-order valence-corrected chi connectivity index (χ4v) is 3.07. The minimum absolute atomic E-state index is 0. The fraction of sp³-hybridized carbons (Fsp3) is 0.286. The number of morpholine rings is 1. The van der Waals surface area contributed by atoms with Gasteiger partial charge in [-0.15, -0.1) is 0 Å². The molecular formula is C21H25N3O3+. The summed E-state index contributed by atoms with van der Waals surface area (Å²) in [6.07, 6.45) is 3.17. The number of hydrogen-bond donors (Lipinski definition) is 1. The standard InChI is InChI=1S/C21H24N3O3/c22-21(26)24(18-6-2-1-3-7-18)19-11-9-17(10-12-19)5-4-8-20(25)23-13-15-27-16-14-23/h1-3,6-12H,4-5,13-16H2,(H2,22,26)/p+1. The van der Waals surface area contributed by atoms with Crippen LogP contribution in [-0.2, 0) is 16.0 Å². The van der Waals surface area contributed by atoms with Gasteiger partial charge in [-0.1, -0.05) is 30.3 Å². The van der Waals surface area contributed by atoms with Crippen LogP contribution in [0.5, 0.6) is 0 Å². The molecule has 1 heterocycles. The molecule has 0 bridgehead atoms. The fourth-order valence-electron chi connectivity index (χ4n) is 3.07. The van der Waals surface area contributed by atoms with Crippen LogP contribution in [0.2, 0.25) is 0 Å². The van der Waals surface area contributed by atoms with Crippen LogP contribution in [0.3, 0.4) is 0 Å². The Kier molecular flexibility index (Phi) is 6.44. The number of nitrogens with two attached hydrogens (primary N) is 1. The van der Waals surface area contributed by atoms with E-state index in [1.807, 2.05) is 59.5 Å². The van der Waals surface area contributed by atoms with E-state index in [-0.39, 0.29) is 7.33 Å². The van der Waals surface area contributed by atoms with Gasteiger partial charge in [0.15, 0.2) is 0 Å². The molecule has 141 valence electrons. The predicted octanol–water partition coefficient (Wildman–Crippen LogP) is 3.01. The smallest absolute Gasteiger partial charge is 0.378 e. The van der Waals surface area contributed by atoms with Crippen molar-refractivity contribution < 1.29 is 15.8 Å². The maximum Gasteiger partial charge on any atom is 1.00 e. The largest absolute Gasteiger partial charge is 1.00 e. The average Bonchev–Trinajstić information content (AvgIpc) is 2.70. The van der Waals surface area contributed by atoms with E-state index < -0.39 is 6.03 Å². The molecule has 1 radical (unpaired) electrons. The van der Waals surface area contributed by atoms with Crippen LogP contribution in [0.15, 0.2) is 54.6 Å². The number of hydrogen-bond acceptors (Lipinski definition) is 3. The quantitative estimate of drug-likeness (QED) is 0.853. The first-order valence-electron chi connectivity index (χ1n) is 9.08. The number of benzene rings is 2. The van der Waals surface area contributed by atoms with Crippen molar-refractivity contribution in [2.75, 3.05) is 31.2 Å². The van der Waals surface area contributed by atoms with Crippen molar-refractivity contribution >= 4 is 23.3 Å². The zero-order valence-corrected chi connectivity index (χ0v) is 15.2. The van der Waals surface area contributed by atoms with Gasteiger partial charge in [0.05, 0.1) is 31.0 Å². The van der Waals surface area contributed by atoms with Crippen LogP contribution >= 0.6 is 0 Å².